The van der Waals surface area contributed by atoms with Gasteiger partial charge in [-0.05, 0) is 37.0 Å². The zero-order valence-electron chi connectivity index (χ0n) is 19.4. The second-order valence-electron chi connectivity index (χ2n) is 8.46. The lowest BCUT2D eigenvalue weighted by molar-refractivity contribution is -0.889. The molecule has 0 saturated heterocycles. The van der Waals surface area contributed by atoms with Crippen LogP contribution in [0.3, 0.4) is 0 Å². The number of amides is 2. The summed E-state index contributed by atoms with van der Waals surface area (Å²) in [6, 6.07) is 7.53. The van der Waals surface area contributed by atoms with Crippen LogP contribution in [-0.4, -0.2) is 66.5 Å². The van der Waals surface area contributed by atoms with Crippen molar-refractivity contribution in [3.05, 3.63) is 45.7 Å². The van der Waals surface area contributed by atoms with Crippen molar-refractivity contribution < 1.29 is 31.1 Å². The summed E-state index contributed by atoms with van der Waals surface area (Å²) in [6.07, 6.45) is 2.98. The molecule has 12 heteroatoms. The zero-order chi connectivity index (χ0) is 24.4. The quantitative estimate of drug-likeness (QED) is 0.195. The molecule has 0 bridgehead atoms. The van der Waals surface area contributed by atoms with Gasteiger partial charge in [-0.3, -0.25) is 9.59 Å². The molecule has 2 amide bonds. The summed E-state index contributed by atoms with van der Waals surface area (Å²) in [7, 11) is 4.18. The van der Waals surface area contributed by atoms with Gasteiger partial charge in [-0.2, -0.15) is 0 Å². The first-order valence-electron chi connectivity index (χ1n) is 10.8. The molecule has 0 fully saturated rings. The molecule has 6 N–H and O–H groups in total. The van der Waals surface area contributed by atoms with E-state index in [1.54, 1.807) is 0 Å². The van der Waals surface area contributed by atoms with Crippen molar-refractivity contribution in [1.29, 1.82) is 0 Å². The van der Waals surface area contributed by atoms with Gasteiger partial charge < -0.3 is 43.6 Å². The van der Waals surface area contributed by atoms with Crippen molar-refractivity contribution in [3.63, 3.8) is 0 Å². The lowest BCUT2D eigenvalue weighted by Crippen LogP contribution is -3.00. The summed E-state index contributed by atoms with van der Waals surface area (Å²) < 4.78 is 0.717. The highest BCUT2D eigenvalue weighted by Gasteiger charge is 2.18. The second kappa shape index (κ2) is 14.3. The summed E-state index contributed by atoms with van der Waals surface area (Å²) in [4.78, 5) is 32.0. The van der Waals surface area contributed by atoms with Crippen LogP contribution >= 0.6 is 23.2 Å². The first-order valence-corrected chi connectivity index (χ1v) is 11.5. The Morgan fingerprint density at radius 2 is 1.62 bits per heavy atom. The summed E-state index contributed by atoms with van der Waals surface area (Å²) in [5.41, 5.74) is 12.3. The number of carbonyl (C=O) groups excluding carboxylic acids is 2. The molecule has 188 valence electrons. The van der Waals surface area contributed by atoms with Crippen LogP contribution in [0.2, 0.25) is 10.2 Å². The Balaban J connectivity index is 0.00000578. The summed E-state index contributed by atoms with van der Waals surface area (Å²) in [5.74, 6) is -0.464. The molecule has 0 aliphatic rings. The smallest absolute Gasteiger partial charge is 0.273 e. The molecule has 0 saturated carbocycles. The van der Waals surface area contributed by atoms with Crippen molar-refractivity contribution >= 4 is 46.7 Å². The van der Waals surface area contributed by atoms with E-state index in [2.05, 4.69) is 34.7 Å². The maximum absolute atomic E-state index is 12.3. The Morgan fingerprint density at radius 1 is 0.941 bits per heavy atom. The molecule has 0 radical (unpaired) electrons. The molecule has 0 aliphatic carbocycles. The largest absolute Gasteiger partial charge is 1.00 e. The van der Waals surface area contributed by atoms with Gasteiger partial charge in [0.05, 0.1) is 33.7 Å². The van der Waals surface area contributed by atoms with Crippen LogP contribution in [0.5, 0.6) is 0 Å². The van der Waals surface area contributed by atoms with Crippen LogP contribution in [0.4, 0.5) is 11.6 Å². The molecule has 0 spiro atoms. The van der Waals surface area contributed by atoms with E-state index in [0.29, 0.717) is 35.4 Å². The fourth-order valence-electron chi connectivity index (χ4n) is 3.17. The highest BCUT2D eigenvalue weighted by atomic mass is 79.9. The van der Waals surface area contributed by atoms with E-state index < -0.39 is 5.91 Å². The first kappa shape index (κ1) is 29.9. The first-order chi connectivity index (χ1) is 15.6. The molecule has 1 aromatic carbocycles. The Bertz CT molecular complexity index is 959. The number of aromatic nitrogens is 2. The van der Waals surface area contributed by atoms with E-state index in [-0.39, 0.29) is 45.4 Å². The highest BCUT2D eigenvalue weighted by molar-refractivity contribution is 6.31. The second-order valence-corrected chi connectivity index (χ2v) is 9.25. The minimum Gasteiger partial charge on any atom is -1.00 e. The van der Waals surface area contributed by atoms with Crippen molar-refractivity contribution in [1.82, 2.24) is 20.6 Å². The van der Waals surface area contributed by atoms with E-state index in [1.807, 2.05) is 24.3 Å². The monoisotopic (exact) mass is 575 g/mol. The fourth-order valence-corrected chi connectivity index (χ4v) is 3.42. The van der Waals surface area contributed by atoms with E-state index in [9.17, 15) is 9.59 Å². The van der Waals surface area contributed by atoms with Gasteiger partial charge in [0.25, 0.3) is 5.91 Å². The summed E-state index contributed by atoms with van der Waals surface area (Å²) >= 11 is 11.7. The zero-order valence-corrected chi connectivity index (χ0v) is 22.5. The van der Waals surface area contributed by atoms with Crippen LogP contribution < -0.4 is 39.1 Å². The number of aryl methyl sites for hydroxylation is 1. The van der Waals surface area contributed by atoms with Crippen LogP contribution in [0.25, 0.3) is 0 Å². The van der Waals surface area contributed by atoms with Gasteiger partial charge in [0.15, 0.2) is 22.5 Å². The summed E-state index contributed by atoms with van der Waals surface area (Å²) in [5, 5.41) is 6.40. The SMILES string of the molecule is C[N+](C)(CCCCNC(=O)CCc1ccc(Cl)cc1)CCNC(=O)c1nc(Cl)c(N)nc1N.[Br-]. The molecule has 0 aliphatic heterocycles. The number of nitrogens with two attached hydrogens (primary N) is 2. The number of likely N-dealkylation sites (N-methyl/N-ethyl adjacent to an activating group) is 1. The van der Waals surface area contributed by atoms with E-state index in [1.165, 1.54) is 0 Å². The van der Waals surface area contributed by atoms with Crippen molar-refractivity contribution in [2.75, 3.05) is 51.7 Å². The van der Waals surface area contributed by atoms with E-state index >= 15 is 0 Å². The van der Waals surface area contributed by atoms with Crippen LogP contribution in [0.1, 0.15) is 35.3 Å². The minimum atomic E-state index is -0.441. The maximum atomic E-state index is 12.3. The number of benzene rings is 1. The molecular formula is C22H32BrCl2N7O2. The minimum absolute atomic E-state index is 0. The molecule has 2 aromatic rings. The lowest BCUT2D eigenvalue weighted by atomic mass is 10.1. The third-order valence-corrected chi connectivity index (χ3v) is 5.72. The van der Waals surface area contributed by atoms with Gasteiger partial charge in [-0.25, -0.2) is 9.97 Å². The van der Waals surface area contributed by atoms with Gasteiger partial charge in [0.1, 0.15) is 0 Å². The molecule has 34 heavy (non-hydrogen) atoms. The molecule has 1 aromatic heterocycles. The van der Waals surface area contributed by atoms with E-state index in [0.717, 1.165) is 31.5 Å². The third kappa shape index (κ3) is 10.4. The van der Waals surface area contributed by atoms with Crippen LogP contribution in [0, 0.1) is 0 Å². The number of carbonyl (C=O) groups is 2. The van der Waals surface area contributed by atoms with Gasteiger partial charge >= 0.3 is 0 Å². The van der Waals surface area contributed by atoms with Gasteiger partial charge in [-0.15, -0.1) is 0 Å². The Labute approximate surface area is 220 Å². The number of hydrogen-bond donors (Lipinski definition) is 4. The molecular weight excluding hydrogens is 545 g/mol. The highest BCUT2D eigenvalue weighted by Crippen LogP contribution is 2.17. The molecule has 0 unspecified atom stereocenters. The van der Waals surface area contributed by atoms with Crippen molar-refractivity contribution in [2.24, 2.45) is 0 Å². The van der Waals surface area contributed by atoms with Gasteiger partial charge in [-0.1, -0.05) is 35.3 Å². The number of nitrogen functional groups attached to an aromatic ring is 2. The molecule has 1 heterocycles. The molecule has 0 atom stereocenters. The average molecular weight is 577 g/mol. The van der Waals surface area contributed by atoms with E-state index in [4.69, 9.17) is 34.7 Å². The lowest BCUT2D eigenvalue weighted by Gasteiger charge is -2.30. The Morgan fingerprint density at radius 3 is 2.29 bits per heavy atom. The normalized spacial score (nSPS) is 10.9. The number of nitrogens with one attached hydrogen (secondary N) is 2. The number of halogens is 3. The number of nitrogens with zero attached hydrogens (tertiary/aromatic N) is 3. The number of unbranched alkanes of at least 4 members (excludes halogenated alkanes) is 1. The van der Waals surface area contributed by atoms with Crippen molar-refractivity contribution in [3.8, 4) is 0 Å². The standard InChI is InChI=1S/C22H31Cl2N7O2.BrH/c1-31(2,14-12-28-22(33)18-20(25)30-21(26)19(24)29-18)13-4-3-11-27-17(32)10-7-15-5-8-16(23)9-6-15;/h5-6,8-9H,3-4,7,10-14H2,1-2H3,(H5-,25,26,27,28,30,32,33);1H. The fraction of sp³-hybridized carbons (Fsp3) is 0.455. The molecule has 2 rings (SSSR count). The third-order valence-electron chi connectivity index (χ3n) is 5.19. The predicted molar refractivity (Wildman–Crippen MR) is 132 cm³/mol. The van der Waals surface area contributed by atoms with Crippen LogP contribution in [0.15, 0.2) is 24.3 Å². The Kier molecular flexibility index (Phi) is 12.6. The number of hydrogen-bond acceptors (Lipinski definition) is 6. The summed E-state index contributed by atoms with van der Waals surface area (Å²) in [6.45, 7) is 2.71. The predicted octanol–water partition coefficient (Wildman–Crippen LogP) is -0.713. The van der Waals surface area contributed by atoms with Crippen molar-refractivity contribution in [2.45, 2.75) is 25.7 Å². The number of quaternary nitrogens is 1. The van der Waals surface area contributed by atoms with Gasteiger partial charge in [0, 0.05) is 18.0 Å². The maximum Gasteiger partial charge on any atom is 0.273 e. The number of rotatable bonds is 12. The van der Waals surface area contributed by atoms with Crippen LogP contribution in [-0.2, 0) is 11.2 Å². The molecule has 9 nitrogen and oxygen atoms in total. The Hall–Kier alpha value is -2.14. The average Bonchev–Trinajstić information content (AvgIpc) is 2.75. The van der Waals surface area contributed by atoms with Gasteiger partial charge in [0.2, 0.25) is 5.91 Å². The topological polar surface area (TPSA) is 136 Å². The number of anilines is 2.